The lowest BCUT2D eigenvalue weighted by molar-refractivity contribution is 0.0172. The molecule has 1 N–H and O–H groups in total. The number of nitrogens with zero attached hydrogens (tertiary/aromatic N) is 2. The van der Waals surface area contributed by atoms with Gasteiger partial charge in [0, 0.05) is 59.6 Å². The number of rotatable bonds is 5. The lowest BCUT2D eigenvalue weighted by Crippen LogP contribution is -2.29. The van der Waals surface area contributed by atoms with Gasteiger partial charge in [-0.3, -0.25) is 14.7 Å². The topological polar surface area (TPSA) is 54.5 Å². The molecule has 6 heteroatoms. The van der Waals surface area contributed by atoms with Gasteiger partial charge in [0.05, 0.1) is 6.10 Å². The number of pyridine rings is 1. The van der Waals surface area contributed by atoms with E-state index in [2.05, 4.69) is 39.5 Å². The molecule has 2 aliphatic heterocycles. The highest BCUT2D eigenvalue weighted by Crippen LogP contribution is 2.33. The summed E-state index contributed by atoms with van der Waals surface area (Å²) in [6.07, 6.45) is 8.20. The van der Waals surface area contributed by atoms with E-state index in [1.54, 1.807) is 24.5 Å². The highest BCUT2D eigenvalue weighted by molar-refractivity contribution is 7.12. The monoisotopic (exact) mass is 433 g/mol. The molecule has 1 atom stereocenters. The second-order valence-electron chi connectivity index (χ2n) is 8.29. The first-order valence-electron chi connectivity index (χ1n) is 11.0. The Hall–Kier alpha value is -2.54. The number of ether oxygens (including phenoxy) is 1. The zero-order valence-electron chi connectivity index (χ0n) is 17.5. The number of anilines is 1. The number of carbonyl (C=O) groups excluding carboxylic acids is 1. The number of fused-ring (bicyclic) bond motifs is 1. The average molecular weight is 434 g/mol. The van der Waals surface area contributed by atoms with E-state index in [4.69, 9.17) is 4.74 Å². The fraction of sp³-hybridized carbons (Fsp3) is 0.360. The third-order valence-corrected chi connectivity index (χ3v) is 7.22. The molecule has 3 aromatic rings. The number of hydrogen-bond acceptors (Lipinski definition) is 5. The van der Waals surface area contributed by atoms with Gasteiger partial charge in [0.2, 0.25) is 0 Å². The van der Waals surface area contributed by atoms with Gasteiger partial charge < -0.3 is 10.1 Å². The summed E-state index contributed by atoms with van der Waals surface area (Å²) in [4.78, 5) is 21.7. The third-order valence-electron chi connectivity index (χ3n) is 6.06. The number of thiophene rings is 1. The summed E-state index contributed by atoms with van der Waals surface area (Å²) < 4.78 is 5.95. The minimum absolute atomic E-state index is 0.105. The van der Waals surface area contributed by atoms with Crippen LogP contribution >= 0.6 is 11.3 Å². The number of amides is 1. The van der Waals surface area contributed by atoms with E-state index in [-0.39, 0.29) is 5.91 Å². The number of nitrogens with one attached hydrogen (secondary N) is 1. The molecule has 5 nitrogen and oxygen atoms in total. The third kappa shape index (κ3) is 4.87. The average Bonchev–Trinajstić information content (AvgIpc) is 3.28. The fourth-order valence-electron chi connectivity index (χ4n) is 4.37. The second kappa shape index (κ2) is 9.30. The SMILES string of the molecule is O=C(Nc1ccc2c(c1)CN(Cc1ccc(C3CCCCO3)s1)CC2)c1ccncc1. The smallest absolute Gasteiger partial charge is 0.255 e. The molecular formula is C25H27N3O2S. The Balaban J connectivity index is 1.23. The van der Waals surface area contributed by atoms with Crippen LogP contribution in [0.15, 0.2) is 54.9 Å². The Morgan fingerprint density at radius 2 is 2.03 bits per heavy atom. The molecule has 31 heavy (non-hydrogen) atoms. The molecule has 0 bridgehead atoms. The van der Waals surface area contributed by atoms with Crippen molar-refractivity contribution in [2.24, 2.45) is 0 Å². The molecule has 5 rings (SSSR count). The molecule has 0 aliphatic carbocycles. The van der Waals surface area contributed by atoms with Crippen LogP contribution in [0, 0.1) is 0 Å². The fourth-order valence-corrected chi connectivity index (χ4v) is 5.51. The number of carbonyl (C=O) groups is 1. The molecule has 160 valence electrons. The van der Waals surface area contributed by atoms with Gasteiger partial charge in [-0.2, -0.15) is 0 Å². The first kappa shape index (κ1) is 20.4. The van der Waals surface area contributed by atoms with Crippen molar-refractivity contribution < 1.29 is 9.53 Å². The van der Waals surface area contributed by atoms with E-state index in [0.29, 0.717) is 11.7 Å². The van der Waals surface area contributed by atoms with Gasteiger partial charge in [-0.1, -0.05) is 6.07 Å². The molecule has 2 aliphatic rings. The molecule has 1 aromatic carbocycles. The lowest BCUT2D eigenvalue weighted by atomic mass is 9.99. The van der Waals surface area contributed by atoms with E-state index >= 15 is 0 Å². The Bertz CT molecular complexity index is 1040. The quantitative estimate of drug-likeness (QED) is 0.601. The maximum Gasteiger partial charge on any atom is 0.255 e. The van der Waals surface area contributed by atoms with Crippen molar-refractivity contribution in [1.82, 2.24) is 9.88 Å². The Labute approximate surface area is 187 Å². The first-order valence-corrected chi connectivity index (χ1v) is 11.8. The van der Waals surface area contributed by atoms with Crippen molar-refractivity contribution >= 4 is 22.9 Å². The first-order chi connectivity index (χ1) is 15.2. The zero-order chi connectivity index (χ0) is 21.0. The summed E-state index contributed by atoms with van der Waals surface area (Å²) in [5.41, 5.74) is 4.13. The summed E-state index contributed by atoms with van der Waals surface area (Å²) in [5, 5.41) is 3.02. The van der Waals surface area contributed by atoms with E-state index in [1.165, 1.54) is 33.7 Å². The van der Waals surface area contributed by atoms with Crippen LogP contribution in [-0.4, -0.2) is 28.9 Å². The van der Waals surface area contributed by atoms with Crippen LogP contribution in [-0.2, 0) is 24.2 Å². The van der Waals surface area contributed by atoms with Crippen LogP contribution in [0.25, 0.3) is 0 Å². The Kier molecular flexibility index (Phi) is 6.11. The maximum absolute atomic E-state index is 12.5. The van der Waals surface area contributed by atoms with Gasteiger partial charge in [0.15, 0.2) is 0 Å². The molecule has 1 saturated heterocycles. The molecule has 4 heterocycles. The van der Waals surface area contributed by atoms with Crippen molar-refractivity contribution in [3.05, 3.63) is 81.3 Å². The van der Waals surface area contributed by atoms with Crippen LogP contribution < -0.4 is 5.32 Å². The summed E-state index contributed by atoms with van der Waals surface area (Å²) in [6.45, 7) is 3.82. The van der Waals surface area contributed by atoms with E-state index in [0.717, 1.165) is 44.8 Å². The van der Waals surface area contributed by atoms with Gasteiger partial charge in [0.1, 0.15) is 0 Å². The van der Waals surface area contributed by atoms with Crippen LogP contribution in [0.2, 0.25) is 0 Å². The summed E-state index contributed by atoms with van der Waals surface area (Å²) in [7, 11) is 0. The highest BCUT2D eigenvalue weighted by Gasteiger charge is 2.21. The molecular weight excluding hydrogens is 406 g/mol. The van der Waals surface area contributed by atoms with Gasteiger partial charge in [-0.25, -0.2) is 0 Å². The molecule has 1 amide bonds. The molecule has 0 saturated carbocycles. The Morgan fingerprint density at radius 3 is 2.87 bits per heavy atom. The molecule has 1 unspecified atom stereocenters. The molecule has 0 spiro atoms. The van der Waals surface area contributed by atoms with Crippen molar-refractivity contribution in [1.29, 1.82) is 0 Å². The van der Waals surface area contributed by atoms with Gasteiger partial charge >= 0.3 is 0 Å². The summed E-state index contributed by atoms with van der Waals surface area (Å²) in [5.74, 6) is -0.105. The lowest BCUT2D eigenvalue weighted by Gasteiger charge is -2.28. The number of aromatic nitrogens is 1. The van der Waals surface area contributed by atoms with Crippen molar-refractivity contribution in [2.75, 3.05) is 18.5 Å². The zero-order valence-corrected chi connectivity index (χ0v) is 18.4. The summed E-state index contributed by atoms with van der Waals surface area (Å²) in [6, 6.07) is 14.2. The van der Waals surface area contributed by atoms with Gasteiger partial charge in [0.25, 0.3) is 5.91 Å². The molecule has 1 fully saturated rings. The Morgan fingerprint density at radius 1 is 1.13 bits per heavy atom. The van der Waals surface area contributed by atoms with Crippen molar-refractivity contribution in [3.63, 3.8) is 0 Å². The second-order valence-corrected chi connectivity index (χ2v) is 9.49. The van der Waals surface area contributed by atoms with Gasteiger partial charge in [-0.15, -0.1) is 11.3 Å². The van der Waals surface area contributed by atoms with Crippen molar-refractivity contribution in [3.8, 4) is 0 Å². The minimum atomic E-state index is -0.105. The van der Waals surface area contributed by atoms with E-state index < -0.39 is 0 Å². The standard InChI is InChI=1S/C25H27N3O2S/c29-25(19-8-11-26-12-9-19)27-21-5-4-18-10-13-28(16-20(18)15-21)17-22-6-7-24(31-22)23-3-1-2-14-30-23/h4-9,11-12,15,23H,1-3,10,13-14,16-17H2,(H,27,29). The maximum atomic E-state index is 12.5. The van der Waals surface area contributed by atoms with E-state index in [9.17, 15) is 4.79 Å². The van der Waals surface area contributed by atoms with Gasteiger partial charge in [-0.05, 0) is 73.2 Å². The van der Waals surface area contributed by atoms with Crippen molar-refractivity contribution in [2.45, 2.75) is 44.9 Å². The summed E-state index contributed by atoms with van der Waals surface area (Å²) >= 11 is 1.89. The highest BCUT2D eigenvalue weighted by atomic mass is 32.1. The predicted octanol–water partition coefficient (Wildman–Crippen LogP) is 5.20. The minimum Gasteiger partial charge on any atom is -0.373 e. The molecule has 0 radical (unpaired) electrons. The van der Waals surface area contributed by atoms with Crippen LogP contribution in [0.4, 0.5) is 5.69 Å². The van der Waals surface area contributed by atoms with Crippen LogP contribution in [0.1, 0.15) is 56.6 Å². The molecule has 2 aromatic heterocycles. The number of hydrogen-bond donors (Lipinski definition) is 1. The van der Waals surface area contributed by atoms with E-state index in [1.807, 2.05) is 17.4 Å². The number of benzene rings is 1. The van der Waals surface area contributed by atoms with Crippen LogP contribution in [0.5, 0.6) is 0 Å². The normalized spacial score (nSPS) is 19.0. The van der Waals surface area contributed by atoms with Crippen LogP contribution in [0.3, 0.4) is 0 Å². The largest absolute Gasteiger partial charge is 0.373 e. The predicted molar refractivity (Wildman–Crippen MR) is 123 cm³/mol.